The number of nitrogens with zero attached hydrogens (tertiary/aromatic N) is 1. The second-order valence-corrected chi connectivity index (χ2v) is 8.84. The fraction of sp³-hybridized carbons (Fsp3) is 0.632. The average molecular weight is 383 g/mol. The van der Waals surface area contributed by atoms with Crippen molar-refractivity contribution >= 4 is 13.7 Å². The van der Waals surface area contributed by atoms with Gasteiger partial charge in [-0.25, -0.2) is 4.79 Å². The van der Waals surface area contributed by atoms with Crippen LogP contribution >= 0.6 is 7.60 Å². The second-order valence-electron chi connectivity index (χ2n) is 6.54. The topological polar surface area (TPSA) is 65.1 Å². The summed E-state index contributed by atoms with van der Waals surface area (Å²) in [7, 11) is -0.887. The van der Waals surface area contributed by atoms with Crippen LogP contribution in [0.1, 0.15) is 50.4 Å². The smallest absolute Gasteiger partial charge is 0.410 e. The lowest BCUT2D eigenvalue weighted by Gasteiger charge is -2.37. The minimum atomic E-state index is -3.59. The quantitative estimate of drug-likeness (QED) is 0.577. The lowest BCUT2D eigenvalue weighted by Crippen LogP contribution is -2.39. The predicted molar refractivity (Wildman–Crippen MR) is 101 cm³/mol. The van der Waals surface area contributed by atoms with Gasteiger partial charge in [0.25, 0.3) is 0 Å². The Morgan fingerprint density at radius 1 is 1.15 bits per heavy atom. The summed E-state index contributed by atoms with van der Waals surface area (Å²) in [6.45, 7) is 2.50. The number of benzene rings is 1. The normalized spacial score (nSPS) is 16.9. The van der Waals surface area contributed by atoms with Gasteiger partial charge in [-0.3, -0.25) is 9.46 Å². The molecule has 0 heterocycles. The maximum Gasteiger partial charge on any atom is 0.410 e. The molecule has 0 spiro atoms. The number of hydrogen-bond acceptors (Lipinski definition) is 5. The molecular formula is C19H30NO5P. The molecule has 26 heavy (non-hydrogen) atoms. The molecule has 1 aromatic carbocycles. The van der Waals surface area contributed by atoms with E-state index in [4.69, 9.17) is 13.8 Å². The molecule has 1 atom stereocenters. The van der Waals surface area contributed by atoms with Crippen LogP contribution in [0, 0.1) is 5.92 Å². The zero-order valence-corrected chi connectivity index (χ0v) is 16.8. The lowest BCUT2D eigenvalue weighted by molar-refractivity contribution is 0.0838. The lowest BCUT2D eigenvalue weighted by atomic mass is 9.89. The largest absolute Gasteiger partial charge is 0.450 e. The summed E-state index contributed by atoms with van der Waals surface area (Å²) in [5.74, 6) is -0.471. The minimum Gasteiger partial charge on any atom is -0.450 e. The minimum absolute atomic E-state index is 0.256. The Kier molecular flexibility index (Phi) is 8.14. The summed E-state index contributed by atoms with van der Waals surface area (Å²) in [5.41, 5.74) is 0.711. The molecule has 1 aromatic rings. The number of carbonyl (C=O) groups is 1. The van der Waals surface area contributed by atoms with Crippen molar-refractivity contribution in [3.8, 4) is 0 Å². The zero-order valence-electron chi connectivity index (χ0n) is 15.9. The molecule has 7 heteroatoms. The summed E-state index contributed by atoms with van der Waals surface area (Å²) < 4.78 is 29.2. The fourth-order valence-corrected chi connectivity index (χ4v) is 5.18. The Morgan fingerprint density at radius 2 is 1.77 bits per heavy atom. The highest BCUT2D eigenvalue weighted by Gasteiger charge is 2.43. The Labute approximate surface area is 156 Å². The molecule has 0 saturated heterocycles. The molecule has 6 nitrogen and oxygen atoms in total. The van der Waals surface area contributed by atoms with Crippen molar-refractivity contribution in [2.24, 2.45) is 5.92 Å². The van der Waals surface area contributed by atoms with Gasteiger partial charge in [-0.05, 0) is 31.2 Å². The van der Waals surface area contributed by atoms with Gasteiger partial charge in [-0.2, -0.15) is 0 Å². The first kappa shape index (κ1) is 20.9. The van der Waals surface area contributed by atoms with E-state index in [-0.39, 0.29) is 6.61 Å². The van der Waals surface area contributed by atoms with Crippen LogP contribution in [0.15, 0.2) is 30.3 Å². The van der Waals surface area contributed by atoms with Crippen molar-refractivity contribution in [1.82, 2.24) is 4.90 Å². The SMILES string of the molecule is CCOC(=O)N(CC1CCCCC1)C(c1ccccc1)P(=O)(OC)OC. The molecule has 0 aliphatic heterocycles. The maximum absolute atomic E-state index is 13.3. The molecule has 0 radical (unpaired) electrons. The van der Waals surface area contributed by atoms with Gasteiger partial charge >= 0.3 is 13.7 Å². The Morgan fingerprint density at radius 3 is 2.31 bits per heavy atom. The van der Waals surface area contributed by atoms with E-state index in [0.717, 1.165) is 25.7 Å². The maximum atomic E-state index is 13.3. The summed E-state index contributed by atoms with van der Waals surface area (Å²) in [5, 5.41) is 0. The van der Waals surface area contributed by atoms with Crippen molar-refractivity contribution < 1.29 is 23.1 Å². The highest BCUT2D eigenvalue weighted by Crippen LogP contribution is 2.61. The first-order valence-corrected chi connectivity index (χ1v) is 10.9. The van der Waals surface area contributed by atoms with E-state index in [2.05, 4.69) is 0 Å². The third kappa shape index (κ3) is 5.09. The molecule has 146 valence electrons. The van der Waals surface area contributed by atoms with Gasteiger partial charge < -0.3 is 13.8 Å². The third-order valence-corrected chi connectivity index (χ3v) is 7.08. The van der Waals surface area contributed by atoms with Gasteiger partial charge in [0.05, 0.1) is 6.61 Å². The van der Waals surface area contributed by atoms with Crippen molar-refractivity contribution in [1.29, 1.82) is 0 Å². The van der Waals surface area contributed by atoms with Crippen LogP contribution in [0.25, 0.3) is 0 Å². The van der Waals surface area contributed by atoms with Crippen molar-refractivity contribution in [3.63, 3.8) is 0 Å². The van der Waals surface area contributed by atoms with E-state index >= 15 is 0 Å². The van der Waals surface area contributed by atoms with Crippen LogP contribution in [-0.2, 0) is 18.3 Å². The summed E-state index contributed by atoms with van der Waals surface area (Å²) in [6.07, 6.45) is 5.17. The molecule has 0 aromatic heterocycles. The van der Waals surface area contributed by atoms with Crippen molar-refractivity contribution in [3.05, 3.63) is 35.9 Å². The van der Waals surface area contributed by atoms with Crippen molar-refractivity contribution in [2.75, 3.05) is 27.4 Å². The van der Waals surface area contributed by atoms with E-state index in [1.54, 1.807) is 11.8 Å². The van der Waals surface area contributed by atoms with Crippen LogP contribution < -0.4 is 0 Å². The van der Waals surface area contributed by atoms with Crippen LogP contribution in [0.5, 0.6) is 0 Å². The van der Waals surface area contributed by atoms with Crippen LogP contribution in [-0.4, -0.2) is 38.4 Å². The standard InChI is InChI=1S/C19H30NO5P/c1-4-25-19(21)20(15-16-11-7-5-8-12-16)18(26(22,23-2)24-3)17-13-9-6-10-14-17/h6,9-10,13-14,16,18H,4-5,7-8,11-12,15H2,1-3H3. The van der Waals surface area contributed by atoms with E-state index in [1.807, 2.05) is 30.3 Å². The van der Waals surface area contributed by atoms with Gasteiger partial charge in [0.2, 0.25) is 0 Å². The Hall–Kier alpha value is -1.36. The highest BCUT2D eigenvalue weighted by atomic mass is 31.2. The molecule has 1 saturated carbocycles. The molecule has 1 unspecified atom stereocenters. The molecule has 1 fully saturated rings. The first-order valence-electron chi connectivity index (χ1n) is 9.25. The number of hydrogen-bond donors (Lipinski definition) is 0. The van der Waals surface area contributed by atoms with E-state index < -0.39 is 19.5 Å². The van der Waals surface area contributed by atoms with E-state index in [0.29, 0.717) is 18.0 Å². The van der Waals surface area contributed by atoms with E-state index in [9.17, 15) is 9.36 Å². The Bertz CT molecular complexity index is 595. The van der Waals surface area contributed by atoms with Gasteiger partial charge in [0.1, 0.15) is 0 Å². The predicted octanol–water partition coefficient (Wildman–Crippen LogP) is 5.21. The summed E-state index contributed by atoms with van der Waals surface area (Å²) in [6, 6.07) is 9.25. The van der Waals surface area contributed by atoms with Gasteiger partial charge in [0.15, 0.2) is 5.78 Å². The molecule has 1 amide bonds. The van der Waals surface area contributed by atoms with Crippen LogP contribution in [0.4, 0.5) is 4.79 Å². The number of amides is 1. The average Bonchev–Trinajstić information content (AvgIpc) is 2.69. The molecular weight excluding hydrogens is 353 g/mol. The zero-order chi connectivity index (χ0) is 19.0. The molecule has 1 aliphatic rings. The summed E-state index contributed by atoms with van der Waals surface area (Å²) in [4.78, 5) is 14.3. The van der Waals surface area contributed by atoms with E-state index in [1.165, 1.54) is 20.6 Å². The number of ether oxygens (including phenoxy) is 1. The van der Waals surface area contributed by atoms with Crippen LogP contribution in [0.3, 0.4) is 0 Å². The highest BCUT2D eigenvalue weighted by molar-refractivity contribution is 7.54. The first-order chi connectivity index (χ1) is 12.6. The van der Waals surface area contributed by atoms with Gasteiger partial charge in [0, 0.05) is 20.8 Å². The van der Waals surface area contributed by atoms with Gasteiger partial charge in [-0.1, -0.05) is 49.6 Å². The number of carbonyl (C=O) groups excluding carboxylic acids is 1. The fourth-order valence-electron chi connectivity index (χ4n) is 3.56. The molecule has 2 rings (SSSR count). The van der Waals surface area contributed by atoms with Crippen LogP contribution in [0.2, 0.25) is 0 Å². The monoisotopic (exact) mass is 383 g/mol. The number of rotatable bonds is 8. The summed E-state index contributed by atoms with van der Waals surface area (Å²) >= 11 is 0. The van der Waals surface area contributed by atoms with Gasteiger partial charge in [-0.15, -0.1) is 0 Å². The molecule has 0 bridgehead atoms. The second kappa shape index (κ2) is 10.1. The van der Waals surface area contributed by atoms with Crippen molar-refractivity contribution in [2.45, 2.75) is 44.8 Å². The molecule has 0 N–H and O–H groups in total. The Balaban J connectivity index is 2.42. The molecule has 1 aliphatic carbocycles. The third-order valence-electron chi connectivity index (χ3n) is 4.88.